The van der Waals surface area contributed by atoms with E-state index in [0.29, 0.717) is 32.5 Å². The van der Waals surface area contributed by atoms with Gasteiger partial charge < -0.3 is 19.7 Å². The van der Waals surface area contributed by atoms with Crippen LogP contribution in [0.4, 0.5) is 0 Å². The molecule has 36 heavy (non-hydrogen) atoms. The van der Waals surface area contributed by atoms with E-state index in [2.05, 4.69) is 5.32 Å². The first-order valence-electron chi connectivity index (χ1n) is 12.5. The first-order chi connectivity index (χ1) is 17.6. The van der Waals surface area contributed by atoms with Crippen molar-refractivity contribution in [2.24, 2.45) is 0 Å². The molecular weight excluding hydrogens is 452 g/mol. The van der Waals surface area contributed by atoms with Gasteiger partial charge in [0, 0.05) is 25.9 Å². The van der Waals surface area contributed by atoms with Gasteiger partial charge in [-0.3, -0.25) is 9.59 Å². The molecule has 3 aromatic carbocycles. The lowest BCUT2D eigenvalue weighted by Gasteiger charge is -2.31. The Hall–Kier alpha value is -3.80. The van der Waals surface area contributed by atoms with Gasteiger partial charge >= 0.3 is 0 Å². The van der Waals surface area contributed by atoms with Crippen LogP contribution in [-0.4, -0.2) is 43.0 Å². The maximum Gasteiger partial charge on any atom is 0.243 e. The van der Waals surface area contributed by atoms with Crippen molar-refractivity contribution in [3.8, 4) is 11.5 Å². The molecule has 3 rings (SSSR count). The number of rotatable bonds is 14. The number of methoxy groups -OCH3 is 1. The molecule has 2 amide bonds. The molecule has 0 spiro atoms. The van der Waals surface area contributed by atoms with E-state index in [1.807, 2.05) is 91.9 Å². The first-order valence-corrected chi connectivity index (χ1v) is 12.5. The van der Waals surface area contributed by atoms with Gasteiger partial charge in [-0.15, -0.1) is 0 Å². The van der Waals surface area contributed by atoms with Crippen molar-refractivity contribution >= 4 is 11.8 Å². The molecular formula is C30H36N2O4. The highest BCUT2D eigenvalue weighted by Gasteiger charge is 2.29. The second kappa shape index (κ2) is 14.6. The van der Waals surface area contributed by atoms with Crippen molar-refractivity contribution in [3.63, 3.8) is 0 Å². The average molecular weight is 489 g/mol. The fourth-order valence-corrected chi connectivity index (χ4v) is 3.93. The normalized spacial score (nSPS) is 11.4. The summed E-state index contributed by atoms with van der Waals surface area (Å²) in [4.78, 5) is 28.5. The highest BCUT2D eigenvalue weighted by molar-refractivity contribution is 5.88. The average Bonchev–Trinajstić information content (AvgIpc) is 2.93. The molecule has 0 aromatic heterocycles. The lowest BCUT2D eigenvalue weighted by molar-refractivity contribution is -0.141. The lowest BCUT2D eigenvalue weighted by atomic mass is 10.0. The Morgan fingerprint density at radius 3 is 2.08 bits per heavy atom. The molecule has 3 aromatic rings. The summed E-state index contributed by atoms with van der Waals surface area (Å²) >= 11 is 0. The highest BCUT2D eigenvalue weighted by atomic mass is 16.5. The van der Waals surface area contributed by atoms with Crippen molar-refractivity contribution in [1.82, 2.24) is 10.2 Å². The van der Waals surface area contributed by atoms with Crippen molar-refractivity contribution < 1.29 is 19.1 Å². The van der Waals surface area contributed by atoms with Gasteiger partial charge in [0.1, 0.15) is 17.5 Å². The summed E-state index contributed by atoms with van der Waals surface area (Å²) in [5, 5.41) is 3.00. The topological polar surface area (TPSA) is 67.9 Å². The smallest absolute Gasteiger partial charge is 0.243 e. The summed E-state index contributed by atoms with van der Waals surface area (Å²) in [6, 6.07) is 26.4. The Morgan fingerprint density at radius 1 is 0.861 bits per heavy atom. The van der Waals surface area contributed by atoms with E-state index in [0.717, 1.165) is 29.0 Å². The third kappa shape index (κ3) is 8.45. The Labute approximate surface area is 214 Å². The predicted octanol–water partition coefficient (Wildman–Crippen LogP) is 5.02. The van der Waals surface area contributed by atoms with E-state index in [1.165, 1.54) is 0 Å². The predicted molar refractivity (Wildman–Crippen MR) is 142 cm³/mol. The number of hydrogen-bond acceptors (Lipinski definition) is 4. The SMILES string of the molecule is CCCNC(=O)[C@@H](Cc1ccccc1)N(Cc1ccccc1)C(=O)CCCOc1ccc(OC)cc1. The molecule has 0 unspecified atom stereocenters. The van der Waals surface area contributed by atoms with Crippen LogP contribution in [0.5, 0.6) is 11.5 Å². The van der Waals surface area contributed by atoms with Gasteiger partial charge in [-0.05, 0) is 48.2 Å². The minimum atomic E-state index is -0.603. The van der Waals surface area contributed by atoms with E-state index in [4.69, 9.17) is 9.47 Å². The zero-order chi connectivity index (χ0) is 25.6. The van der Waals surface area contributed by atoms with E-state index in [9.17, 15) is 9.59 Å². The minimum Gasteiger partial charge on any atom is -0.497 e. The molecule has 0 saturated carbocycles. The highest BCUT2D eigenvalue weighted by Crippen LogP contribution is 2.19. The van der Waals surface area contributed by atoms with Gasteiger partial charge in [-0.2, -0.15) is 0 Å². The van der Waals surface area contributed by atoms with Crippen LogP contribution >= 0.6 is 0 Å². The quantitative estimate of drug-likeness (QED) is 0.324. The fourth-order valence-electron chi connectivity index (χ4n) is 3.93. The minimum absolute atomic E-state index is 0.0650. The zero-order valence-electron chi connectivity index (χ0n) is 21.2. The number of ether oxygens (including phenoxy) is 2. The van der Waals surface area contributed by atoms with E-state index >= 15 is 0 Å². The molecule has 0 radical (unpaired) electrons. The summed E-state index contributed by atoms with van der Waals surface area (Å²) in [6.07, 6.45) is 2.12. The van der Waals surface area contributed by atoms with Crippen molar-refractivity contribution in [3.05, 3.63) is 96.1 Å². The third-order valence-electron chi connectivity index (χ3n) is 5.88. The molecule has 0 saturated heterocycles. The summed E-state index contributed by atoms with van der Waals surface area (Å²) in [5.74, 6) is 1.30. The van der Waals surface area contributed by atoms with Crippen LogP contribution < -0.4 is 14.8 Å². The van der Waals surface area contributed by atoms with Crippen LogP contribution in [0.2, 0.25) is 0 Å². The molecule has 190 valence electrons. The number of nitrogens with zero attached hydrogens (tertiary/aromatic N) is 1. The molecule has 0 fully saturated rings. The van der Waals surface area contributed by atoms with Crippen molar-refractivity contribution in [1.29, 1.82) is 0 Å². The molecule has 0 aliphatic rings. The number of amides is 2. The number of hydrogen-bond donors (Lipinski definition) is 1. The van der Waals surface area contributed by atoms with Gasteiger partial charge in [0.2, 0.25) is 11.8 Å². The van der Waals surface area contributed by atoms with Crippen LogP contribution in [0.1, 0.15) is 37.3 Å². The Kier molecular flexibility index (Phi) is 10.8. The Bertz CT molecular complexity index is 1060. The van der Waals surface area contributed by atoms with E-state index in [1.54, 1.807) is 12.0 Å². The maximum atomic E-state index is 13.5. The molecule has 0 aliphatic carbocycles. The number of carbonyl (C=O) groups excluding carboxylic acids is 2. The number of nitrogens with one attached hydrogen (secondary N) is 1. The van der Waals surface area contributed by atoms with Crippen LogP contribution in [0.25, 0.3) is 0 Å². The third-order valence-corrected chi connectivity index (χ3v) is 5.88. The molecule has 1 atom stereocenters. The monoisotopic (exact) mass is 488 g/mol. The standard InChI is InChI=1S/C30H36N2O4/c1-3-20-31-30(34)28(22-24-11-6-4-7-12-24)32(23-25-13-8-5-9-14-25)29(33)15-10-21-36-27-18-16-26(35-2)17-19-27/h4-9,11-14,16-19,28H,3,10,15,20-23H2,1-2H3,(H,31,34)/t28-/m1/s1. The van der Waals surface area contributed by atoms with Crippen LogP contribution in [0.15, 0.2) is 84.9 Å². The molecule has 0 bridgehead atoms. The molecule has 1 N–H and O–H groups in total. The summed E-state index contributed by atoms with van der Waals surface area (Å²) in [6.45, 7) is 3.37. The van der Waals surface area contributed by atoms with Crippen molar-refractivity contribution in [2.45, 2.75) is 45.2 Å². The van der Waals surface area contributed by atoms with Crippen molar-refractivity contribution in [2.75, 3.05) is 20.3 Å². The van der Waals surface area contributed by atoms with Gasteiger partial charge in [0.15, 0.2) is 0 Å². The van der Waals surface area contributed by atoms with E-state index < -0.39 is 6.04 Å². The second-order valence-electron chi connectivity index (χ2n) is 8.63. The molecule has 6 heteroatoms. The molecule has 6 nitrogen and oxygen atoms in total. The summed E-state index contributed by atoms with van der Waals surface area (Å²) in [7, 11) is 1.62. The van der Waals surface area contributed by atoms with Gasteiger partial charge in [0.25, 0.3) is 0 Å². The number of carbonyl (C=O) groups is 2. The number of benzene rings is 3. The lowest BCUT2D eigenvalue weighted by Crippen LogP contribution is -2.50. The van der Waals surface area contributed by atoms with E-state index in [-0.39, 0.29) is 18.2 Å². The van der Waals surface area contributed by atoms with Crippen LogP contribution in [0.3, 0.4) is 0 Å². The van der Waals surface area contributed by atoms with Gasteiger partial charge in [-0.1, -0.05) is 67.6 Å². The largest absolute Gasteiger partial charge is 0.497 e. The van der Waals surface area contributed by atoms with Gasteiger partial charge in [0.05, 0.1) is 13.7 Å². The van der Waals surface area contributed by atoms with Gasteiger partial charge in [-0.25, -0.2) is 0 Å². The van der Waals surface area contributed by atoms with Crippen LogP contribution in [0, 0.1) is 0 Å². The summed E-state index contributed by atoms with van der Waals surface area (Å²) in [5.41, 5.74) is 2.00. The zero-order valence-corrected chi connectivity index (χ0v) is 21.2. The molecule has 0 aliphatic heterocycles. The fraction of sp³-hybridized carbons (Fsp3) is 0.333. The summed E-state index contributed by atoms with van der Waals surface area (Å²) < 4.78 is 11.0. The first kappa shape index (κ1) is 26.8. The Balaban J connectivity index is 1.72. The molecule has 0 heterocycles. The Morgan fingerprint density at radius 2 is 1.47 bits per heavy atom. The second-order valence-corrected chi connectivity index (χ2v) is 8.63. The van der Waals surface area contributed by atoms with Crippen LogP contribution in [-0.2, 0) is 22.6 Å². The maximum absolute atomic E-state index is 13.5.